The predicted molar refractivity (Wildman–Crippen MR) is 68.5 cm³/mol. The van der Waals surface area contributed by atoms with Gasteiger partial charge in [-0.15, -0.1) is 0 Å². The molecule has 0 aromatic rings. The first-order valence-electron chi connectivity index (χ1n) is 7.20. The number of hydrogen-bond acceptors (Lipinski definition) is 1. The van der Waals surface area contributed by atoms with Crippen LogP contribution < -0.4 is 0 Å². The lowest BCUT2D eigenvalue weighted by atomic mass is 9.81. The maximum Gasteiger partial charge on any atom is 0.0398 e. The molecule has 0 saturated carbocycles. The van der Waals surface area contributed by atoms with Crippen molar-refractivity contribution in [2.75, 3.05) is 13.1 Å². The summed E-state index contributed by atoms with van der Waals surface area (Å²) in [6.45, 7) is 7.58. The molecule has 16 heavy (non-hydrogen) atoms. The molecule has 0 unspecified atom stereocenters. The fourth-order valence-corrected chi connectivity index (χ4v) is 4.52. The van der Waals surface area contributed by atoms with Crippen LogP contribution in [0.2, 0.25) is 0 Å². The van der Waals surface area contributed by atoms with Crippen LogP contribution in [0, 0.1) is 5.92 Å². The molecule has 1 saturated heterocycles. The number of rotatable bonds is 2. The SMILES string of the molecule is CCC[C@H]1CN2CCC3=C(CCC3)[C@@]2(C)C1. The van der Waals surface area contributed by atoms with E-state index in [0.717, 1.165) is 5.92 Å². The lowest BCUT2D eigenvalue weighted by molar-refractivity contribution is 0.176. The number of hydrogen-bond donors (Lipinski definition) is 0. The van der Waals surface area contributed by atoms with Crippen molar-refractivity contribution in [3.05, 3.63) is 11.1 Å². The molecule has 90 valence electrons. The van der Waals surface area contributed by atoms with Gasteiger partial charge in [-0.2, -0.15) is 0 Å². The summed E-state index contributed by atoms with van der Waals surface area (Å²) in [6, 6.07) is 0. The molecule has 2 aliphatic heterocycles. The Hall–Kier alpha value is -0.300. The normalized spacial score (nSPS) is 39.0. The molecule has 0 amide bonds. The van der Waals surface area contributed by atoms with E-state index in [9.17, 15) is 0 Å². The topological polar surface area (TPSA) is 3.24 Å². The minimum Gasteiger partial charge on any atom is -0.294 e. The third-order valence-corrected chi connectivity index (χ3v) is 5.23. The van der Waals surface area contributed by atoms with Crippen molar-refractivity contribution in [1.29, 1.82) is 0 Å². The summed E-state index contributed by atoms with van der Waals surface area (Å²) in [5.74, 6) is 0.974. The van der Waals surface area contributed by atoms with E-state index in [1.807, 2.05) is 11.1 Å². The van der Waals surface area contributed by atoms with E-state index in [0.29, 0.717) is 5.54 Å². The Morgan fingerprint density at radius 1 is 1.31 bits per heavy atom. The average molecular weight is 219 g/mol. The molecule has 2 heterocycles. The highest BCUT2D eigenvalue weighted by atomic mass is 15.2. The van der Waals surface area contributed by atoms with E-state index in [-0.39, 0.29) is 0 Å². The van der Waals surface area contributed by atoms with E-state index in [1.165, 1.54) is 58.0 Å². The molecule has 3 aliphatic rings. The molecule has 2 atom stereocenters. The maximum absolute atomic E-state index is 2.80. The Labute approximate surface area is 99.9 Å². The molecule has 0 radical (unpaired) electrons. The van der Waals surface area contributed by atoms with Gasteiger partial charge in [0.1, 0.15) is 0 Å². The second kappa shape index (κ2) is 3.87. The summed E-state index contributed by atoms with van der Waals surface area (Å²) in [5, 5.41) is 0. The minimum atomic E-state index is 0.476. The average Bonchev–Trinajstić information content (AvgIpc) is 2.81. The Balaban J connectivity index is 1.85. The van der Waals surface area contributed by atoms with Gasteiger partial charge in [-0.05, 0) is 51.4 Å². The Kier molecular flexibility index (Phi) is 2.62. The van der Waals surface area contributed by atoms with E-state index in [1.54, 1.807) is 0 Å². The van der Waals surface area contributed by atoms with Crippen molar-refractivity contribution in [2.24, 2.45) is 5.92 Å². The summed E-state index contributed by atoms with van der Waals surface area (Å²) in [5.41, 5.74) is 4.18. The van der Waals surface area contributed by atoms with Gasteiger partial charge < -0.3 is 0 Å². The van der Waals surface area contributed by atoms with Crippen LogP contribution in [0.3, 0.4) is 0 Å². The van der Waals surface area contributed by atoms with E-state index in [4.69, 9.17) is 0 Å². The van der Waals surface area contributed by atoms with Crippen molar-refractivity contribution in [3.63, 3.8) is 0 Å². The maximum atomic E-state index is 2.80. The Morgan fingerprint density at radius 2 is 2.19 bits per heavy atom. The van der Waals surface area contributed by atoms with Crippen LogP contribution in [0.1, 0.15) is 58.8 Å². The van der Waals surface area contributed by atoms with Crippen molar-refractivity contribution in [3.8, 4) is 0 Å². The molecule has 3 rings (SSSR count). The molecule has 0 aromatic heterocycles. The Bertz CT molecular complexity index is 317. The molecule has 0 aromatic carbocycles. The quantitative estimate of drug-likeness (QED) is 0.639. The zero-order chi connectivity index (χ0) is 11.2. The summed E-state index contributed by atoms with van der Waals surface area (Å²) in [7, 11) is 0. The van der Waals surface area contributed by atoms with Crippen LogP contribution in [0.25, 0.3) is 0 Å². The highest BCUT2D eigenvalue weighted by molar-refractivity contribution is 5.34. The van der Waals surface area contributed by atoms with Crippen molar-refractivity contribution < 1.29 is 0 Å². The molecule has 0 bridgehead atoms. The van der Waals surface area contributed by atoms with Gasteiger partial charge in [0.25, 0.3) is 0 Å². The molecule has 1 heteroatoms. The summed E-state index contributed by atoms with van der Waals surface area (Å²) in [6.07, 6.45) is 9.88. The van der Waals surface area contributed by atoms with Crippen LogP contribution >= 0.6 is 0 Å². The first-order chi connectivity index (χ1) is 7.74. The van der Waals surface area contributed by atoms with Gasteiger partial charge >= 0.3 is 0 Å². The number of nitrogens with zero attached hydrogens (tertiary/aromatic N) is 1. The molecule has 1 fully saturated rings. The fourth-order valence-electron chi connectivity index (χ4n) is 4.52. The van der Waals surface area contributed by atoms with Gasteiger partial charge in [0.15, 0.2) is 0 Å². The minimum absolute atomic E-state index is 0.476. The standard InChI is InChI=1S/C15H25N/c1-3-5-12-10-15(2)14-7-4-6-13(14)8-9-16(15)11-12/h12H,3-11H2,1-2H3/t12-,15-/m1/s1. The van der Waals surface area contributed by atoms with Gasteiger partial charge in [0, 0.05) is 18.6 Å². The zero-order valence-electron chi connectivity index (χ0n) is 10.9. The summed E-state index contributed by atoms with van der Waals surface area (Å²) < 4.78 is 0. The third-order valence-electron chi connectivity index (χ3n) is 5.23. The molecular weight excluding hydrogens is 194 g/mol. The molecule has 0 spiro atoms. The van der Waals surface area contributed by atoms with Crippen LogP contribution in [0.5, 0.6) is 0 Å². The largest absolute Gasteiger partial charge is 0.294 e. The highest BCUT2D eigenvalue weighted by Crippen LogP contribution is 2.49. The third kappa shape index (κ3) is 1.48. The van der Waals surface area contributed by atoms with Crippen molar-refractivity contribution in [2.45, 2.75) is 64.3 Å². The lowest BCUT2D eigenvalue weighted by Crippen LogP contribution is -2.45. The molecule has 1 nitrogen and oxygen atoms in total. The monoisotopic (exact) mass is 219 g/mol. The van der Waals surface area contributed by atoms with Gasteiger partial charge in [0.05, 0.1) is 0 Å². The summed E-state index contributed by atoms with van der Waals surface area (Å²) >= 11 is 0. The second-order valence-corrected chi connectivity index (χ2v) is 6.26. The molecule has 1 aliphatic carbocycles. The smallest absolute Gasteiger partial charge is 0.0398 e. The van der Waals surface area contributed by atoms with Gasteiger partial charge in [-0.3, -0.25) is 4.90 Å². The van der Waals surface area contributed by atoms with Gasteiger partial charge in [-0.1, -0.05) is 24.5 Å². The number of fused-ring (bicyclic) bond motifs is 2. The zero-order valence-corrected chi connectivity index (χ0v) is 10.9. The van der Waals surface area contributed by atoms with Gasteiger partial charge in [-0.25, -0.2) is 0 Å². The van der Waals surface area contributed by atoms with Crippen molar-refractivity contribution in [1.82, 2.24) is 4.90 Å². The summed E-state index contributed by atoms with van der Waals surface area (Å²) in [4.78, 5) is 2.80. The first-order valence-corrected chi connectivity index (χ1v) is 7.20. The van der Waals surface area contributed by atoms with Gasteiger partial charge in [0.2, 0.25) is 0 Å². The first kappa shape index (κ1) is 10.8. The van der Waals surface area contributed by atoms with E-state index < -0.39 is 0 Å². The van der Waals surface area contributed by atoms with Crippen LogP contribution in [-0.2, 0) is 0 Å². The Morgan fingerprint density at radius 3 is 3.00 bits per heavy atom. The fraction of sp³-hybridized carbons (Fsp3) is 0.867. The van der Waals surface area contributed by atoms with Crippen LogP contribution in [-0.4, -0.2) is 23.5 Å². The van der Waals surface area contributed by atoms with Crippen LogP contribution in [0.15, 0.2) is 11.1 Å². The lowest BCUT2D eigenvalue weighted by Gasteiger charge is -2.41. The van der Waals surface area contributed by atoms with E-state index >= 15 is 0 Å². The van der Waals surface area contributed by atoms with Crippen LogP contribution in [0.4, 0.5) is 0 Å². The second-order valence-electron chi connectivity index (χ2n) is 6.26. The van der Waals surface area contributed by atoms with E-state index in [2.05, 4.69) is 18.7 Å². The predicted octanol–water partition coefficient (Wildman–Crippen LogP) is 3.75. The molecular formula is C15H25N. The van der Waals surface area contributed by atoms with Crippen molar-refractivity contribution >= 4 is 0 Å². The highest BCUT2D eigenvalue weighted by Gasteiger charge is 2.47. The molecule has 0 N–H and O–H groups in total.